The van der Waals surface area contributed by atoms with E-state index < -0.39 is 69.3 Å². The summed E-state index contributed by atoms with van der Waals surface area (Å²) in [6, 6.07) is 11.3. The number of benzene rings is 2. The van der Waals surface area contributed by atoms with Crippen LogP contribution in [-0.4, -0.2) is 127 Å². The summed E-state index contributed by atoms with van der Waals surface area (Å²) in [6.45, 7) is 3.40. The van der Waals surface area contributed by atoms with Crippen LogP contribution in [0, 0.1) is 11.8 Å². The Balaban J connectivity index is 1.38. The molecule has 2 heterocycles. The van der Waals surface area contributed by atoms with Crippen LogP contribution in [0.2, 0.25) is 0 Å². The maximum Gasteiger partial charge on any atom is 0.302 e. The zero-order valence-corrected chi connectivity index (χ0v) is 31.8. The van der Waals surface area contributed by atoms with E-state index in [1.807, 2.05) is 47.4 Å². The molecule has 1 saturated carbocycles. The number of fused-ring (bicyclic) bond motifs is 1. The summed E-state index contributed by atoms with van der Waals surface area (Å²) in [6.07, 6.45) is 6.27. The second kappa shape index (κ2) is 20.1. The van der Waals surface area contributed by atoms with Crippen LogP contribution >= 0.6 is 0 Å². The van der Waals surface area contributed by atoms with Crippen LogP contribution < -0.4 is 10.6 Å². The molecule has 1 aliphatic carbocycles. The SMILES string of the molecule is CC(=O)OCCS(=O)(=O)C[C@@H](Cc1cccc2ccccc12)C(=O)N[C@@H](Cc1cnc[nH]1)C(=O)N[C@@H](CC1CCCCC1)[C@@H](O)[C@@H](O)CN1CCOCC1. The van der Waals surface area contributed by atoms with Crippen molar-refractivity contribution < 1.29 is 42.5 Å². The molecule has 2 aromatic carbocycles. The number of nitrogens with one attached hydrogen (secondary N) is 3. The minimum Gasteiger partial charge on any atom is -0.465 e. The third kappa shape index (κ3) is 12.6. The second-order valence-electron chi connectivity index (χ2n) is 14.7. The molecule has 0 spiro atoms. The number of aromatic nitrogens is 2. The maximum absolute atomic E-state index is 14.3. The molecule has 1 saturated heterocycles. The number of imidazole rings is 1. The molecule has 5 rings (SSSR count). The predicted molar refractivity (Wildman–Crippen MR) is 203 cm³/mol. The largest absolute Gasteiger partial charge is 0.465 e. The van der Waals surface area contributed by atoms with Crippen LogP contribution in [0.25, 0.3) is 10.8 Å². The molecule has 2 amide bonds. The third-order valence-electron chi connectivity index (χ3n) is 10.5. The molecule has 3 aromatic rings. The summed E-state index contributed by atoms with van der Waals surface area (Å²) in [5, 5.41) is 30.4. The van der Waals surface area contributed by atoms with Gasteiger partial charge in [-0.1, -0.05) is 74.6 Å². The van der Waals surface area contributed by atoms with E-state index in [1.54, 1.807) is 6.20 Å². The molecule has 1 aromatic heterocycles. The zero-order valence-electron chi connectivity index (χ0n) is 31.0. The van der Waals surface area contributed by atoms with Crippen LogP contribution in [-0.2, 0) is 46.5 Å². The lowest BCUT2D eigenvalue weighted by Gasteiger charge is -2.35. The van der Waals surface area contributed by atoms with Crippen molar-refractivity contribution in [3.8, 4) is 0 Å². The molecule has 0 unspecified atom stereocenters. The van der Waals surface area contributed by atoms with Gasteiger partial charge in [0.1, 0.15) is 18.8 Å². The number of morpholine rings is 1. The number of β-amino-alcohol motifs (C(OH)–C–C–N with tert-alkyl or cyclic N) is 1. The Bertz CT molecular complexity index is 1760. The van der Waals surface area contributed by atoms with Gasteiger partial charge < -0.3 is 35.3 Å². The number of ether oxygens (including phenoxy) is 2. The summed E-state index contributed by atoms with van der Waals surface area (Å²) >= 11 is 0. The summed E-state index contributed by atoms with van der Waals surface area (Å²) in [5.41, 5.74) is 1.33. The van der Waals surface area contributed by atoms with Crippen molar-refractivity contribution >= 4 is 38.4 Å². The second-order valence-corrected chi connectivity index (χ2v) is 16.9. The average molecular weight is 770 g/mol. The Kier molecular flexibility index (Phi) is 15.4. The smallest absolute Gasteiger partial charge is 0.302 e. The normalized spacial score (nSPS) is 18.6. The van der Waals surface area contributed by atoms with Gasteiger partial charge in [0.05, 0.1) is 49.1 Å². The number of H-pyrrole nitrogens is 1. The first-order valence-electron chi connectivity index (χ1n) is 19.0. The van der Waals surface area contributed by atoms with Gasteiger partial charge in [0.15, 0.2) is 9.84 Å². The number of hydrogen-bond donors (Lipinski definition) is 5. The van der Waals surface area contributed by atoms with Gasteiger partial charge in [-0.2, -0.15) is 0 Å². The minimum absolute atomic E-state index is 0.0142. The summed E-state index contributed by atoms with van der Waals surface area (Å²) in [5.74, 6) is -3.68. The molecule has 1 aliphatic heterocycles. The highest BCUT2D eigenvalue weighted by Gasteiger charge is 2.35. The van der Waals surface area contributed by atoms with Gasteiger partial charge in [-0.15, -0.1) is 0 Å². The highest BCUT2D eigenvalue weighted by atomic mass is 32.2. The summed E-state index contributed by atoms with van der Waals surface area (Å²) in [4.78, 5) is 49.0. The lowest BCUT2D eigenvalue weighted by molar-refractivity contribution is -0.140. The number of amides is 2. The fourth-order valence-electron chi connectivity index (χ4n) is 7.55. The number of nitrogens with zero attached hydrogens (tertiary/aromatic N) is 2. The van der Waals surface area contributed by atoms with Crippen molar-refractivity contribution in [1.29, 1.82) is 0 Å². The maximum atomic E-state index is 14.3. The molecule has 5 N–H and O–H groups in total. The molecule has 14 nitrogen and oxygen atoms in total. The molecule has 15 heteroatoms. The Labute approximate surface area is 317 Å². The van der Waals surface area contributed by atoms with Crippen molar-refractivity contribution in [3.05, 3.63) is 66.2 Å². The van der Waals surface area contributed by atoms with Crippen LogP contribution in [0.3, 0.4) is 0 Å². The molecule has 2 fully saturated rings. The monoisotopic (exact) mass is 769 g/mol. The fraction of sp³-hybridized carbons (Fsp3) is 0.590. The van der Waals surface area contributed by atoms with Gasteiger partial charge in [0.2, 0.25) is 11.8 Å². The van der Waals surface area contributed by atoms with E-state index in [1.165, 1.54) is 13.3 Å². The standard InChI is InChI=1S/C39H55N5O9S/c1-27(45)53-18-19-54(50,51)25-31(21-30-12-7-11-29-10-5-6-13-33(29)30)38(48)43-35(22-32-23-40-26-41-32)39(49)42-34(20-28-8-3-2-4-9-28)37(47)36(46)24-44-14-16-52-17-15-44/h5-7,10-13,23,26,28,31,34-37,46-47H,2-4,8-9,14-22,24-25H2,1H3,(H,40,41)(H,42,49)(H,43,48)/t31-,34+,35+,36+,37-/m1/s1. The van der Waals surface area contributed by atoms with Gasteiger partial charge in [0, 0.05) is 44.9 Å². The first-order valence-corrected chi connectivity index (χ1v) is 20.8. The Morgan fingerprint density at radius 1 is 1.00 bits per heavy atom. The van der Waals surface area contributed by atoms with Crippen molar-refractivity contribution in [2.45, 2.75) is 82.6 Å². The first-order chi connectivity index (χ1) is 26.0. The quantitative estimate of drug-likeness (QED) is 0.112. The molecule has 0 radical (unpaired) electrons. The number of rotatable bonds is 19. The number of esters is 1. The van der Waals surface area contributed by atoms with E-state index in [4.69, 9.17) is 9.47 Å². The Hall–Kier alpha value is -3.89. The van der Waals surface area contributed by atoms with Crippen molar-refractivity contribution in [3.63, 3.8) is 0 Å². The Morgan fingerprint density at radius 2 is 1.74 bits per heavy atom. The van der Waals surface area contributed by atoms with E-state index in [-0.39, 0.29) is 31.9 Å². The number of aliphatic hydroxyl groups is 2. The predicted octanol–water partition coefficient (Wildman–Crippen LogP) is 1.94. The van der Waals surface area contributed by atoms with Gasteiger partial charge in [-0.25, -0.2) is 13.4 Å². The molecule has 54 heavy (non-hydrogen) atoms. The number of carbonyl (C=O) groups excluding carboxylic acids is 3. The summed E-state index contributed by atoms with van der Waals surface area (Å²) in [7, 11) is -3.90. The van der Waals surface area contributed by atoms with Crippen molar-refractivity contribution in [2.24, 2.45) is 11.8 Å². The van der Waals surface area contributed by atoms with E-state index in [0.717, 1.165) is 48.4 Å². The van der Waals surface area contributed by atoms with E-state index in [0.29, 0.717) is 38.4 Å². The van der Waals surface area contributed by atoms with Crippen LogP contribution in [0.15, 0.2) is 55.0 Å². The third-order valence-corrected chi connectivity index (χ3v) is 12.2. The molecular formula is C39H55N5O9S. The minimum atomic E-state index is -3.90. The number of aliphatic hydroxyl groups excluding tert-OH is 2. The molecule has 0 bridgehead atoms. The lowest BCUT2D eigenvalue weighted by Crippen LogP contribution is -2.58. The van der Waals surface area contributed by atoms with Gasteiger partial charge in [-0.3, -0.25) is 19.3 Å². The topological polar surface area (TPSA) is 200 Å². The molecule has 2 aliphatic rings. The van der Waals surface area contributed by atoms with E-state index in [9.17, 15) is 33.0 Å². The van der Waals surface area contributed by atoms with E-state index >= 15 is 0 Å². The molecular weight excluding hydrogens is 715 g/mol. The number of hydrogen-bond acceptors (Lipinski definition) is 11. The number of aromatic amines is 1. The van der Waals surface area contributed by atoms with Gasteiger partial charge >= 0.3 is 5.97 Å². The molecule has 5 atom stereocenters. The van der Waals surface area contributed by atoms with Crippen LogP contribution in [0.1, 0.15) is 56.7 Å². The van der Waals surface area contributed by atoms with Crippen molar-refractivity contribution in [1.82, 2.24) is 25.5 Å². The molecule has 296 valence electrons. The highest BCUT2D eigenvalue weighted by molar-refractivity contribution is 7.91. The highest BCUT2D eigenvalue weighted by Crippen LogP contribution is 2.29. The van der Waals surface area contributed by atoms with Gasteiger partial charge in [0.25, 0.3) is 0 Å². The first kappa shape index (κ1) is 41.3. The number of sulfone groups is 1. The van der Waals surface area contributed by atoms with Crippen LogP contribution in [0.4, 0.5) is 0 Å². The number of carbonyl (C=O) groups is 3. The fourth-order valence-corrected chi connectivity index (χ4v) is 8.94. The van der Waals surface area contributed by atoms with Crippen molar-refractivity contribution in [2.75, 3.05) is 51.0 Å². The summed E-state index contributed by atoms with van der Waals surface area (Å²) < 4.78 is 37.0. The average Bonchev–Trinajstić information content (AvgIpc) is 3.67. The van der Waals surface area contributed by atoms with E-state index in [2.05, 4.69) is 20.6 Å². The Morgan fingerprint density at radius 3 is 2.46 bits per heavy atom. The lowest BCUT2D eigenvalue weighted by atomic mass is 9.83. The van der Waals surface area contributed by atoms with Crippen LogP contribution in [0.5, 0.6) is 0 Å². The zero-order chi connectivity index (χ0) is 38.5. The van der Waals surface area contributed by atoms with Gasteiger partial charge in [-0.05, 0) is 35.1 Å².